The fraction of sp³-hybridized carbons (Fsp3) is 0.467. The van der Waals surface area contributed by atoms with Gasteiger partial charge in [-0.05, 0) is 18.6 Å². The summed E-state index contributed by atoms with van der Waals surface area (Å²) in [6.07, 6.45) is 5.40. The molecule has 0 radical (unpaired) electrons. The van der Waals surface area contributed by atoms with Crippen LogP contribution in [0.3, 0.4) is 0 Å². The highest BCUT2D eigenvalue weighted by atomic mass is 79.9. The number of aromatic nitrogens is 3. The predicted octanol–water partition coefficient (Wildman–Crippen LogP) is 3.11. The standard InChI is InChI=1S/C15H18BrN3O2/c1-2-3-14-8-20-15(21-14,9-19-11-17-10-18-19)12-4-6-13(16)7-5-12/h4-7,10-11,14H,2-3,8-9H2,1H3. The Morgan fingerprint density at radius 2 is 2.19 bits per heavy atom. The Bertz CT molecular complexity index is 573. The first-order chi connectivity index (χ1) is 10.2. The number of hydrogen-bond acceptors (Lipinski definition) is 4. The first-order valence-electron chi connectivity index (χ1n) is 7.12. The SMILES string of the molecule is CCCC1COC(Cn2cncn2)(c2ccc(Br)cc2)O1. The zero-order valence-electron chi connectivity index (χ0n) is 11.9. The molecule has 2 unspecified atom stereocenters. The van der Waals surface area contributed by atoms with E-state index in [1.807, 2.05) is 24.3 Å². The van der Waals surface area contributed by atoms with E-state index in [0.29, 0.717) is 13.2 Å². The second kappa shape index (κ2) is 6.25. The lowest BCUT2D eigenvalue weighted by Crippen LogP contribution is -2.33. The third-order valence-electron chi connectivity index (χ3n) is 3.59. The van der Waals surface area contributed by atoms with Crippen LogP contribution in [0, 0.1) is 0 Å². The van der Waals surface area contributed by atoms with Crippen LogP contribution >= 0.6 is 15.9 Å². The van der Waals surface area contributed by atoms with E-state index in [1.165, 1.54) is 6.33 Å². The maximum absolute atomic E-state index is 6.26. The zero-order valence-corrected chi connectivity index (χ0v) is 13.5. The molecule has 5 nitrogen and oxygen atoms in total. The van der Waals surface area contributed by atoms with Gasteiger partial charge in [-0.2, -0.15) is 5.10 Å². The van der Waals surface area contributed by atoms with Crippen molar-refractivity contribution in [2.45, 2.75) is 38.2 Å². The summed E-state index contributed by atoms with van der Waals surface area (Å²) in [5.74, 6) is -0.783. The van der Waals surface area contributed by atoms with Crippen LogP contribution in [0.15, 0.2) is 41.4 Å². The van der Waals surface area contributed by atoms with Crippen molar-refractivity contribution in [3.05, 3.63) is 47.0 Å². The van der Waals surface area contributed by atoms with Crippen LogP contribution in [-0.4, -0.2) is 27.5 Å². The summed E-state index contributed by atoms with van der Waals surface area (Å²) in [6, 6.07) is 8.04. The minimum atomic E-state index is -0.783. The molecule has 0 amide bonds. The van der Waals surface area contributed by atoms with Crippen LogP contribution in [0.4, 0.5) is 0 Å². The van der Waals surface area contributed by atoms with E-state index in [4.69, 9.17) is 9.47 Å². The normalized spacial score (nSPS) is 25.3. The van der Waals surface area contributed by atoms with Crippen LogP contribution in [0.5, 0.6) is 0 Å². The number of hydrogen-bond donors (Lipinski definition) is 0. The Labute approximate surface area is 132 Å². The molecule has 21 heavy (non-hydrogen) atoms. The highest BCUT2D eigenvalue weighted by Crippen LogP contribution is 2.37. The van der Waals surface area contributed by atoms with Crippen molar-refractivity contribution < 1.29 is 9.47 Å². The van der Waals surface area contributed by atoms with Gasteiger partial charge in [-0.3, -0.25) is 0 Å². The molecular weight excluding hydrogens is 334 g/mol. The molecule has 0 saturated carbocycles. The lowest BCUT2D eigenvalue weighted by molar-refractivity contribution is -0.189. The Morgan fingerprint density at radius 1 is 1.38 bits per heavy atom. The summed E-state index contributed by atoms with van der Waals surface area (Å²) < 4.78 is 15.1. The van der Waals surface area contributed by atoms with Crippen molar-refractivity contribution in [2.75, 3.05) is 6.61 Å². The molecule has 2 heterocycles. The first-order valence-corrected chi connectivity index (χ1v) is 7.91. The summed E-state index contributed by atoms with van der Waals surface area (Å²) in [5.41, 5.74) is 1.000. The van der Waals surface area contributed by atoms with Gasteiger partial charge in [0.15, 0.2) is 0 Å². The summed E-state index contributed by atoms with van der Waals surface area (Å²) in [6.45, 7) is 3.26. The average molecular weight is 352 g/mol. The topological polar surface area (TPSA) is 49.2 Å². The maximum Gasteiger partial charge on any atom is 0.215 e. The van der Waals surface area contributed by atoms with Gasteiger partial charge in [-0.15, -0.1) is 0 Å². The summed E-state index contributed by atoms with van der Waals surface area (Å²) in [5, 5.41) is 4.18. The van der Waals surface area contributed by atoms with E-state index < -0.39 is 5.79 Å². The molecule has 0 aliphatic carbocycles. The molecule has 2 atom stereocenters. The second-order valence-corrected chi connectivity index (χ2v) is 6.11. The fourth-order valence-electron chi connectivity index (χ4n) is 2.59. The predicted molar refractivity (Wildman–Crippen MR) is 81.6 cm³/mol. The quantitative estimate of drug-likeness (QED) is 0.830. The van der Waals surface area contributed by atoms with E-state index in [1.54, 1.807) is 11.0 Å². The largest absolute Gasteiger partial charge is 0.342 e. The molecule has 1 aromatic heterocycles. The Hall–Kier alpha value is -1.24. The van der Waals surface area contributed by atoms with E-state index >= 15 is 0 Å². The number of rotatable bonds is 5. The Kier molecular flexibility index (Phi) is 4.37. The lowest BCUT2D eigenvalue weighted by Gasteiger charge is -2.28. The van der Waals surface area contributed by atoms with Gasteiger partial charge in [-0.1, -0.05) is 41.4 Å². The van der Waals surface area contributed by atoms with Gasteiger partial charge in [-0.25, -0.2) is 9.67 Å². The molecule has 112 valence electrons. The number of halogens is 1. The van der Waals surface area contributed by atoms with Crippen molar-refractivity contribution in [3.8, 4) is 0 Å². The molecule has 0 spiro atoms. The Balaban J connectivity index is 1.89. The smallest absolute Gasteiger partial charge is 0.215 e. The summed E-state index contributed by atoms with van der Waals surface area (Å²) in [4.78, 5) is 3.99. The first kappa shape index (κ1) is 14.7. The highest BCUT2D eigenvalue weighted by molar-refractivity contribution is 9.10. The molecular formula is C15H18BrN3O2. The van der Waals surface area contributed by atoms with Gasteiger partial charge in [0.1, 0.15) is 19.2 Å². The van der Waals surface area contributed by atoms with Gasteiger partial charge < -0.3 is 9.47 Å². The molecule has 1 saturated heterocycles. The van der Waals surface area contributed by atoms with E-state index in [2.05, 4.69) is 32.9 Å². The number of ether oxygens (including phenoxy) is 2. The molecule has 1 aliphatic heterocycles. The van der Waals surface area contributed by atoms with Crippen LogP contribution in [-0.2, 0) is 21.8 Å². The zero-order chi connectivity index (χ0) is 14.7. The van der Waals surface area contributed by atoms with E-state index in [9.17, 15) is 0 Å². The molecule has 0 bridgehead atoms. The van der Waals surface area contributed by atoms with Gasteiger partial charge in [0.25, 0.3) is 0 Å². The summed E-state index contributed by atoms with van der Waals surface area (Å²) >= 11 is 3.46. The lowest BCUT2D eigenvalue weighted by atomic mass is 10.1. The van der Waals surface area contributed by atoms with Crippen LogP contribution in [0.2, 0.25) is 0 Å². The van der Waals surface area contributed by atoms with Gasteiger partial charge in [0.05, 0.1) is 12.7 Å². The van der Waals surface area contributed by atoms with Crippen molar-refractivity contribution in [3.63, 3.8) is 0 Å². The third kappa shape index (κ3) is 3.17. The van der Waals surface area contributed by atoms with E-state index in [0.717, 1.165) is 22.9 Å². The monoisotopic (exact) mass is 351 g/mol. The molecule has 6 heteroatoms. The van der Waals surface area contributed by atoms with Crippen molar-refractivity contribution >= 4 is 15.9 Å². The average Bonchev–Trinajstić information content (AvgIpc) is 3.11. The van der Waals surface area contributed by atoms with Gasteiger partial charge >= 0.3 is 0 Å². The molecule has 1 fully saturated rings. The van der Waals surface area contributed by atoms with Crippen LogP contribution in [0.25, 0.3) is 0 Å². The van der Waals surface area contributed by atoms with Crippen molar-refractivity contribution in [1.82, 2.24) is 14.8 Å². The molecule has 1 aromatic carbocycles. The second-order valence-electron chi connectivity index (χ2n) is 5.19. The van der Waals surface area contributed by atoms with Crippen LogP contribution < -0.4 is 0 Å². The van der Waals surface area contributed by atoms with Crippen molar-refractivity contribution in [2.24, 2.45) is 0 Å². The van der Waals surface area contributed by atoms with Gasteiger partial charge in [0, 0.05) is 10.0 Å². The van der Waals surface area contributed by atoms with Crippen LogP contribution in [0.1, 0.15) is 25.3 Å². The summed E-state index contributed by atoms with van der Waals surface area (Å²) in [7, 11) is 0. The molecule has 0 N–H and O–H groups in total. The number of benzene rings is 1. The highest BCUT2D eigenvalue weighted by Gasteiger charge is 2.43. The van der Waals surface area contributed by atoms with Crippen molar-refractivity contribution in [1.29, 1.82) is 0 Å². The molecule has 2 aromatic rings. The minimum Gasteiger partial charge on any atom is -0.342 e. The minimum absolute atomic E-state index is 0.127. The molecule has 1 aliphatic rings. The number of nitrogens with zero attached hydrogens (tertiary/aromatic N) is 3. The van der Waals surface area contributed by atoms with Gasteiger partial charge in [0.2, 0.25) is 5.79 Å². The fourth-order valence-corrected chi connectivity index (χ4v) is 2.85. The third-order valence-corrected chi connectivity index (χ3v) is 4.12. The maximum atomic E-state index is 6.26. The molecule has 3 rings (SSSR count). The van der Waals surface area contributed by atoms with E-state index in [-0.39, 0.29) is 6.10 Å². The Morgan fingerprint density at radius 3 is 2.86 bits per heavy atom.